The van der Waals surface area contributed by atoms with Crippen molar-refractivity contribution in [1.82, 2.24) is 9.97 Å². The molecule has 0 atom stereocenters. The maximum absolute atomic E-state index is 11.6. The topological polar surface area (TPSA) is 45.8 Å². The molecule has 0 unspecified atom stereocenters. The highest BCUT2D eigenvalue weighted by molar-refractivity contribution is 9.10. The molecule has 0 saturated carbocycles. The van der Waals surface area contributed by atoms with Crippen LogP contribution in [0.1, 0.15) is 5.69 Å². The van der Waals surface area contributed by atoms with E-state index in [9.17, 15) is 4.79 Å². The molecule has 72 valence electrons. The number of H-pyrrole nitrogens is 1. The lowest BCUT2D eigenvalue weighted by Gasteiger charge is -2.01. The maximum atomic E-state index is 11.6. The minimum Gasteiger partial charge on any atom is -0.326 e. The van der Waals surface area contributed by atoms with Crippen LogP contribution in [0.25, 0.3) is 10.8 Å². The Hall–Kier alpha value is -0.870. The van der Waals surface area contributed by atoms with Gasteiger partial charge in [0, 0.05) is 17.3 Å². The monoisotopic (exact) mass is 272 g/mol. The molecule has 3 nitrogen and oxygen atoms in total. The standard InChI is InChI=1S/C9H6BrClN2O/c1-4-2-5-3-12-8(11)7(10)6(5)9(14)13-4/h2-3H,1H3,(H,13,14). The van der Waals surface area contributed by atoms with E-state index in [4.69, 9.17) is 11.6 Å². The van der Waals surface area contributed by atoms with E-state index in [1.807, 2.05) is 13.0 Å². The Labute approximate surface area is 93.2 Å². The molecule has 2 heterocycles. The first-order valence-electron chi connectivity index (χ1n) is 3.93. The van der Waals surface area contributed by atoms with Crippen molar-refractivity contribution in [2.24, 2.45) is 0 Å². The van der Waals surface area contributed by atoms with Crippen molar-refractivity contribution in [1.29, 1.82) is 0 Å². The van der Waals surface area contributed by atoms with Crippen molar-refractivity contribution < 1.29 is 0 Å². The van der Waals surface area contributed by atoms with Crippen molar-refractivity contribution in [3.63, 3.8) is 0 Å². The summed E-state index contributed by atoms with van der Waals surface area (Å²) in [6, 6.07) is 1.85. The third-order valence-electron chi connectivity index (χ3n) is 1.92. The second kappa shape index (κ2) is 3.37. The van der Waals surface area contributed by atoms with Crippen LogP contribution >= 0.6 is 27.5 Å². The molecular formula is C9H6BrClN2O. The van der Waals surface area contributed by atoms with Crippen LogP contribution in [0.5, 0.6) is 0 Å². The van der Waals surface area contributed by atoms with Crippen molar-refractivity contribution in [2.75, 3.05) is 0 Å². The van der Waals surface area contributed by atoms with E-state index in [2.05, 4.69) is 25.9 Å². The van der Waals surface area contributed by atoms with Gasteiger partial charge in [0.1, 0.15) is 5.15 Å². The minimum absolute atomic E-state index is 0.156. The molecule has 1 N–H and O–H groups in total. The van der Waals surface area contributed by atoms with Gasteiger partial charge in [-0.15, -0.1) is 0 Å². The smallest absolute Gasteiger partial charge is 0.257 e. The van der Waals surface area contributed by atoms with Gasteiger partial charge < -0.3 is 4.98 Å². The van der Waals surface area contributed by atoms with Gasteiger partial charge in [0.05, 0.1) is 9.86 Å². The highest BCUT2D eigenvalue weighted by Gasteiger charge is 2.08. The molecule has 0 aliphatic carbocycles. The van der Waals surface area contributed by atoms with Gasteiger partial charge in [-0.05, 0) is 28.9 Å². The van der Waals surface area contributed by atoms with Crippen LogP contribution in [0.4, 0.5) is 0 Å². The SMILES string of the molecule is Cc1cc2cnc(Cl)c(Br)c2c(=O)[nH]1. The van der Waals surface area contributed by atoms with Gasteiger partial charge >= 0.3 is 0 Å². The third kappa shape index (κ3) is 1.44. The zero-order valence-corrected chi connectivity index (χ0v) is 9.61. The molecule has 0 aliphatic heterocycles. The van der Waals surface area contributed by atoms with Crippen LogP contribution in [0.3, 0.4) is 0 Å². The summed E-state index contributed by atoms with van der Waals surface area (Å²) >= 11 is 9.03. The fraction of sp³-hybridized carbons (Fsp3) is 0.111. The molecule has 14 heavy (non-hydrogen) atoms. The Balaban J connectivity index is 3.03. The Morgan fingerprint density at radius 1 is 1.57 bits per heavy atom. The molecule has 5 heteroatoms. The number of halogens is 2. The number of hydrogen-bond acceptors (Lipinski definition) is 2. The molecule has 0 radical (unpaired) electrons. The van der Waals surface area contributed by atoms with Crippen LogP contribution in [-0.4, -0.2) is 9.97 Å². The summed E-state index contributed by atoms with van der Waals surface area (Å²) < 4.78 is 0.540. The lowest BCUT2D eigenvalue weighted by atomic mass is 10.2. The summed E-state index contributed by atoms with van der Waals surface area (Å²) in [4.78, 5) is 18.3. The second-order valence-corrected chi connectivity index (χ2v) is 4.13. The first-order chi connectivity index (χ1) is 6.59. The van der Waals surface area contributed by atoms with Crippen molar-refractivity contribution in [3.05, 3.63) is 37.9 Å². The fourth-order valence-electron chi connectivity index (χ4n) is 1.33. The highest BCUT2D eigenvalue weighted by atomic mass is 79.9. The molecule has 0 bridgehead atoms. The van der Waals surface area contributed by atoms with Crippen molar-refractivity contribution >= 4 is 38.3 Å². The summed E-state index contributed by atoms with van der Waals surface area (Å²) in [7, 11) is 0. The summed E-state index contributed by atoms with van der Waals surface area (Å²) in [5, 5.41) is 1.62. The predicted molar refractivity (Wildman–Crippen MR) is 59.8 cm³/mol. The number of hydrogen-bond donors (Lipinski definition) is 1. The number of pyridine rings is 2. The van der Waals surface area contributed by atoms with E-state index >= 15 is 0 Å². The van der Waals surface area contributed by atoms with Gasteiger partial charge in [0.25, 0.3) is 5.56 Å². The molecule has 0 amide bonds. The van der Waals surface area contributed by atoms with Gasteiger partial charge in [-0.25, -0.2) is 4.98 Å². The number of aryl methyl sites for hydroxylation is 1. The van der Waals surface area contributed by atoms with Gasteiger partial charge in [0.2, 0.25) is 0 Å². The molecule has 0 saturated heterocycles. The molecular weight excluding hydrogens is 267 g/mol. The minimum atomic E-state index is -0.156. The van der Waals surface area contributed by atoms with Gasteiger partial charge in [0.15, 0.2) is 0 Å². The predicted octanol–water partition coefficient (Wildman–Crippen LogP) is 2.65. The Morgan fingerprint density at radius 3 is 3.00 bits per heavy atom. The van der Waals surface area contributed by atoms with E-state index in [1.54, 1.807) is 6.20 Å². The van der Waals surface area contributed by atoms with Crippen LogP contribution < -0.4 is 5.56 Å². The van der Waals surface area contributed by atoms with Gasteiger partial charge in [-0.2, -0.15) is 0 Å². The lowest BCUT2D eigenvalue weighted by Crippen LogP contribution is -2.08. The Morgan fingerprint density at radius 2 is 2.29 bits per heavy atom. The maximum Gasteiger partial charge on any atom is 0.257 e. The second-order valence-electron chi connectivity index (χ2n) is 2.97. The fourth-order valence-corrected chi connectivity index (χ4v) is 1.98. The van der Waals surface area contributed by atoms with Crippen molar-refractivity contribution in [3.8, 4) is 0 Å². The van der Waals surface area contributed by atoms with Crippen molar-refractivity contribution in [2.45, 2.75) is 6.92 Å². The van der Waals surface area contributed by atoms with E-state index in [1.165, 1.54) is 0 Å². The molecule has 2 aromatic heterocycles. The largest absolute Gasteiger partial charge is 0.326 e. The summed E-state index contributed by atoms with van der Waals surface area (Å²) in [6.07, 6.45) is 1.59. The van der Waals surface area contributed by atoms with E-state index < -0.39 is 0 Å². The zero-order chi connectivity index (χ0) is 10.3. The first kappa shape index (κ1) is 9.68. The summed E-state index contributed by atoms with van der Waals surface area (Å²) in [6.45, 7) is 1.82. The molecule has 0 aromatic carbocycles. The van der Waals surface area contributed by atoms with Crippen LogP contribution in [0.15, 0.2) is 21.5 Å². The van der Waals surface area contributed by atoms with E-state index in [-0.39, 0.29) is 5.56 Å². The van der Waals surface area contributed by atoms with Crippen LogP contribution in [0.2, 0.25) is 5.15 Å². The van der Waals surface area contributed by atoms with Gasteiger partial charge in [-0.3, -0.25) is 4.79 Å². The first-order valence-corrected chi connectivity index (χ1v) is 5.10. The molecule has 2 aromatic rings. The Kier molecular flexibility index (Phi) is 2.33. The number of nitrogens with one attached hydrogen (secondary N) is 1. The average molecular weight is 274 g/mol. The third-order valence-corrected chi connectivity index (χ3v) is 3.20. The van der Waals surface area contributed by atoms with E-state index in [0.29, 0.717) is 15.0 Å². The number of aromatic amines is 1. The lowest BCUT2D eigenvalue weighted by molar-refractivity contribution is 1.16. The number of rotatable bonds is 0. The number of nitrogens with zero attached hydrogens (tertiary/aromatic N) is 1. The van der Waals surface area contributed by atoms with Crippen LogP contribution in [-0.2, 0) is 0 Å². The zero-order valence-electron chi connectivity index (χ0n) is 7.27. The quantitative estimate of drug-likeness (QED) is 0.750. The average Bonchev–Trinajstić information content (AvgIpc) is 2.10. The summed E-state index contributed by atoms with van der Waals surface area (Å²) in [5.74, 6) is 0. The molecule has 2 rings (SSSR count). The summed E-state index contributed by atoms with van der Waals surface area (Å²) in [5.41, 5.74) is 0.648. The highest BCUT2D eigenvalue weighted by Crippen LogP contribution is 2.26. The normalized spacial score (nSPS) is 10.8. The Bertz CT molecular complexity index is 564. The van der Waals surface area contributed by atoms with Crippen LogP contribution in [0, 0.1) is 6.92 Å². The molecule has 0 fully saturated rings. The molecule has 0 aliphatic rings. The number of fused-ring (bicyclic) bond motifs is 1. The van der Waals surface area contributed by atoms with Gasteiger partial charge in [-0.1, -0.05) is 11.6 Å². The molecule has 0 spiro atoms. The number of aromatic nitrogens is 2. The van der Waals surface area contributed by atoms with E-state index in [0.717, 1.165) is 11.1 Å².